The molecule has 0 aliphatic carbocycles. The van der Waals surface area contributed by atoms with E-state index >= 15 is 0 Å². The molecule has 0 saturated carbocycles. The van der Waals surface area contributed by atoms with Gasteiger partial charge in [-0.3, -0.25) is 4.79 Å². The molecule has 1 aliphatic rings. The maximum absolute atomic E-state index is 12.0. The SMILES string of the molecule is CCOC(=O)c1ccc(N=C2C(=O)Nc3ccccc32)cc1. The van der Waals surface area contributed by atoms with Crippen molar-refractivity contribution in [3.8, 4) is 0 Å². The number of aliphatic imine (C=N–C) groups is 1. The van der Waals surface area contributed by atoms with E-state index in [1.165, 1.54) is 0 Å². The van der Waals surface area contributed by atoms with Crippen LogP contribution in [-0.4, -0.2) is 24.2 Å². The number of anilines is 1. The van der Waals surface area contributed by atoms with Gasteiger partial charge in [-0.15, -0.1) is 0 Å². The zero-order valence-electron chi connectivity index (χ0n) is 12.0. The Morgan fingerprint density at radius 3 is 2.59 bits per heavy atom. The summed E-state index contributed by atoms with van der Waals surface area (Å²) in [5.74, 6) is -0.596. The van der Waals surface area contributed by atoms with E-state index in [4.69, 9.17) is 4.74 Å². The molecule has 0 aromatic heterocycles. The standard InChI is InChI=1S/C17H14N2O3/c1-2-22-17(21)11-7-9-12(10-8-11)18-15-13-5-3-4-6-14(13)19-16(15)20/h3-10H,2H2,1H3,(H,18,19,20). The van der Waals surface area contributed by atoms with E-state index in [0.29, 0.717) is 23.6 Å². The minimum absolute atomic E-state index is 0.226. The predicted octanol–water partition coefficient (Wildman–Crippen LogP) is 2.94. The number of ether oxygens (including phenoxy) is 1. The van der Waals surface area contributed by atoms with Crippen molar-refractivity contribution in [1.29, 1.82) is 0 Å². The summed E-state index contributed by atoms with van der Waals surface area (Å²) in [5, 5.41) is 2.77. The number of fused-ring (bicyclic) bond motifs is 1. The molecule has 110 valence electrons. The number of para-hydroxylation sites is 1. The summed E-state index contributed by atoms with van der Waals surface area (Å²) in [6, 6.07) is 14.0. The lowest BCUT2D eigenvalue weighted by Crippen LogP contribution is -2.13. The second-order valence-corrected chi connectivity index (χ2v) is 4.73. The van der Waals surface area contributed by atoms with Crippen LogP contribution < -0.4 is 5.32 Å². The van der Waals surface area contributed by atoms with Gasteiger partial charge in [-0.05, 0) is 37.3 Å². The second-order valence-electron chi connectivity index (χ2n) is 4.73. The molecular weight excluding hydrogens is 280 g/mol. The van der Waals surface area contributed by atoms with Gasteiger partial charge in [0.05, 0.1) is 23.5 Å². The molecule has 0 fully saturated rings. The summed E-state index contributed by atoms with van der Waals surface area (Å²) in [6.45, 7) is 2.09. The Morgan fingerprint density at radius 1 is 1.14 bits per heavy atom. The largest absolute Gasteiger partial charge is 0.462 e. The molecule has 3 rings (SSSR count). The van der Waals surface area contributed by atoms with Crippen molar-refractivity contribution < 1.29 is 14.3 Å². The topological polar surface area (TPSA) is 67.8 Å². The molecule has 0 spiro atoms. The van der Waals surface area contributed by atoms with Crippen LogP contribution in [0.25, 0.3) is 0 Å². The molecule has 0 bridgehead atoms. The van der Waals surface area contributed by atoms with E-state index in [2.05, 4.69) is 10.3 Å². The third-order valence-corrected chi connectivity index (χ3v) is 3.26. The number of nitrogens with zero attached hydrogens (tertiary/aromatic N) is 1. The number of carbonyl (C=O) groups excluding carboxylic acids is 2. The summed E-state index contributed by atoms with van der Waals surface area (Å²) >= 11 is 0. The molecular formula is C17H14N2O3. The number of hydrogen-bond acceptors (Lipinski definition) is 4. The first-order valence-electron chi connectivity index (χ1n) is 6.95. The molecule has 5 heteroatoms. The van der Waals surface area contributed by atoms with Gasteiger partial charge in [0.15, 0.2) is 0 Å². The lowest BCUT2D eigenvalue weighted by Gasteiger charge is -2.02. The molecule has 0 saturated heterocycles. The Hall–Kier alpha value is -2.95. The van der Waals surface area contributed by atoms with E-state index in [1.807, 2.05) is 24.3 Å². The number of esters is 1. The third kappa shape index (κ3) is 2.61. The highest BCUT2D eigenvalue weighted by Gasteiger charge is 2.25. The van der Waals surface area contributed by atoms with Crippen molar-refractivity contribution in [3.05, 3.63) is 59.7 Å². The van der Waals surface area contributed by atoms with Gasteiger partial charge in [0.25, 0.3) is 5.91 Å². The molecule has 22 heavy (non-hydrogen) atoms. The van der Waals surface area contributed by atoms with Crippen LogP contribution in [-0.2, 0) is 9.53 Å². The minimum atomic E-state index is -0.370. The molecule has 2 aromatic rings. The number of benzene rings is 2. The van der Waals surface area contributed by atoms with Crippen LogP contribution in [0.4, 0.5) is 11.4 Å². The first-order chi connectivity index (χ1) is 10.7. The normalized spacial score (nSPS) is 14.6. The van der Waals surface area contributed by atoms with Crippen molar-refractivity contribution in [2.45, 2.75) is 6.92 Å². The van der Waals surface area contributed by atoms with Crippen molar-refractivity contribution in [1.82, 2.24) is 0 Å². The van der Waals surface area contributed by atoms with E-state index < -0.39 is 0 Å². The van der Waals surface area contributed by atoms with Gasteiger partial charge in [-0.2, -0.15) is 0 Å². The van der Waals surface area contributed by atoms with Gasteiger partial charge in [0, 0.05) is 5.56 Å². The summed E-state index contributed by atoms with van der Waals surface area (Å²) < 4.78 is 4.93. The Labute approximate surface area is 127 Å². The van der Waals surface area contributed by atoms with Crippen LogP contribution in [0.15, 0.2) is 53.5 Å². The van der Waals surface area contributed by atoms with Crippen LogP contribution in [0.1, 0.15) is 22.8 Å². The molecule has 1 aliphatic heterocycles. The predicted molar refractivity (Wildman–Crippen MR) is 83.7 cm³/mol. The number of nitrogens with one attached hydrogen (secondary N) is 1. The average Bonchev–Trinajstić information content (AvgIpc) is 2.84. The van der Waals surface area contributed by atoms with Crippen LogP contribution >= 0.6 is 0 Å². The molecule has 5 nitrogen and oxygen atoms in total. The molecule has 0 atom stereocenters. The smallest absolute Gasteiger partial charge is 0.338 e. The first-order valence-corrected chi connectivity index (χ1v) is 6.95. The first kappa shape index (κ1) is 14.0. The summed E-state index contributed by atoms with van der Waals surface area (Å²) in [5.41, 5.74) is 2.98. The maximum atomic E-state index is 12.0. The highest BCUT2D eigenvalue weighted by molar-refractivity contribution is 6.54. The maximum Gasteiger partial charge on any atom is 0.338 e. The minimum Gasteiger partial charge on any atom is -0.462 e. The van der Waals surface area contributed by atoms with E-state index in [1.54, 1.807) is 31.2 Å². The molecule has 1 amide bonds. The Morgan fingerprint density at radius 2 is 1.86 bits per heavy atom. The third-order valence-electron chi connectivity index (χ3n) is 3.26. The monoisotopic (exact) mass is 294 g/mol. The quantitative estimate of drug-likeness (QED) is 0.885. The molecule has 2 aromatic carbocycles. The van der Waals surface area contributed by atoms with E-state index in [0.717, 1.165) is 11.3 Å². The van der Waals surface area contributed by atoms with Gasteiger partial charge in [0.1, 0.15) is 5.71 Å². The molecule has 1 N–H and O–H groups in total. The van der Waals surface area contributed by atoms with E-state index in [-0.39, 0.29) is 11.9 Å². The second kappa shape index (κ2) is 5.81. The number of hydrogen-bond donors (Lipinski definition) is 1. The number of amides is 1. The zero-order valence-corrected chi connectivity index (χ0v) is 12.0. The Balaban J connectivity index is 1.90. The average molecular weight is 294 g/mol. The van der Waals surface area contributed by atoms with Crippen LogP contribution in [0.3, 0.4) is 0 Å². The highest BCUT2D eigenvalue weighted by atomic mass is 16.5. The Bertz CT molecular complexity index is 764. The number of rotatable bonds is 3. The van der Waals surface area contributed by atoms with Gasteiger partial charge < -0.3 is 10.1 Å². The van der Waals surface area contributed by atoms with Gasteiger partial charge in [-0.25, -0.2) is 9.79 Å². The fourth-order valence-corrected chi connectivity index (χ4v) is 2.23. The van der Waals surface area contributed by atoms with E-state index in [9.17, 15) is 9.59 Å². The van der Waals surface area contributed by atoms with Crippen molar-refractivity contribution in [2.24, 2.45) is 4.99 Å². The summed E-state index contributed by atoms with van der Waals surface area (Å²) in [7, 11) is 0. The fourth-order valence-electron chi connectivity index (χ4n) is 2.23. The van der Waals surface area contributed by atoms with Crippen LogP contribution in [0, 0.1) is 0 Å². The fraction of sp³-hybridized carbons (Fsp3) is 0.118. The van der Waals surface area contributed by atoms with Crippen molar-refractivity contribution in [3.63, 3.8) is 0 Å². The van der Waals surface area contributed by atoms with Gasteiger partial charge >= 0.3 is 5.97 Å². The molecule has 1 heterocycles. The lowest BCUT2D eigenvalue weighted by atomic mass is 10.1. The highest BCUT2D eigenvalue weighted by Crippen LogP contribution is 2.25. The summed E-state index contributed by atoms with van der Waals surface area (Å²) in [6.07, 6.45) is 0. The van der Waals surface area contributed by atoms with Crippen molar-refractivity contribution >= 4 is 29.0 Å². The molecule has 0 unspecified atom stereocenters. The zero-order chi connectivity index (χ0) is 15.5. The van der Waals surface area contributed by atoms with Crippen LogP contribution in [0.5, 0.6) is 0 Å². The van der Waals surface area contributed by atoms with Crippen molar-refractivity contribution in [2.75, 3.05) is 11.9 Å². The number of carbonyl (C=O) groups is 2. The summed E-state index contributed by atoms with van der Waals surface area (Å²) in [4.78, 5) is 28.0. The Kier molecular flexibility index (Phi) is 3.70. The lowest BCUT2D eigenvalue weighted by molar-refractivity contribution is -0.110. The molecule has 0 radical (unpaired) electrons. The van der Waals surface area contributed by atoms with Crippen LogP contribution in [0.2, 0.25) is 0 Å². The van der Waals surface area contributed by atoms with Gasteiger partial charge in [-0.1, -0.05) is 18.2 Å². The van der Waals surface area contributed by atoms with Gasteiger partial charge in [0.2, 0.25) is 0 Å².